The Morgan fingerprint density at radius 3 is 1.90 bits per heavy atom. The molecule has 0 aliphatic heterocycles. The SMILES string of the molecule is O=[N+]([O-])c1cccc([N+](=O)[O-])c1CNc1ccccc1. The number of hydrogen-bond acceptors (Lipinski definition) is 5. The highest BCUT2D eigenvalue weighted by Crippen LogP contribution is 2.28. The summed E-state index contributed by atoms with van der Waals surface area (Å²) in [6.45, 7) is 0.0114. The molecule has 0 atom stereocenters. The summed E-state index contributed by atoms with van der Waals surface area (Å²) in [5.41, 5.74) is 0.275. The van der Waals surface area contributed by atoms with E-state index in [2.05, 4.69) is 5.32 Å². The van der Waals surface area contributed by atoms with Crippen LogP contribution in [0.15, 0.2) is 48.5 Å². The minimum Gasteiger partial charge on any atom is -0.380 e. The summed E-state index contributed by atoms with van der Waals surface area (Å²) in [7, 11) is 0. The average Bonchev–Trinajstić information content (AvgIpc) is 2.45. The average molecular weight is 273 g/mol. The molecule has 7 nitrogen and oxygen atoms in total. The van der Waals surface area contributed by atoms with Gasteiger partial charge in [-0.2, -0.15) is 0 Å². The third-order valence-corrected chi connectivity index (χ3v) is 2.76. The summed E-state index contributed by atoms with van der Waals surface area (Å²) >= 11 is 0. The molecule has 2 aromatic rings. The van der Waals surface area contributed by atoms with Gasteiger partial charge in [0.25, 0.3) is 11.4 Å². The van der Waals surface area contributed by atoms with Gasteiger partial charge in [0.15, 0.2) is 0 Å². The second-order valence-corrected chi connectivity index (χ2v) is 4.01. The van der Waals surface area contributed by atoms with Crippen molar-refractivity contribution in [3.05, 3.63) is 74.3 Å². The molecule has 0 spiro atoms. The van der Waals surface area contributed by atoms with Crippen LogP contribution in [0.3, 0.4) is 0 Å². The van der Waals surface area contributed by atoms with E-state index in [9.17, 15) is 20.2 Å². The minimum absolute atomic E-state index is 0.0114. The Balaban J connectivity index is 2.33. The zero-order chi connectivity index (χ0) is 14.5. The maximum Gasteiger partial charge on any atom is 0.281 e. The molecule has 102 valence electrons. The van der Waals surface area contributed by atoms with Gasteiger partial charge in [0, 0.05) is 17.8 Å². The third kappa shape index (κ3) is 2.89. The van der Waals surface area contributed by atoms with E-state index in [1.807, 2.05) is 6.07 Å². The Hall–Kier alpha value is -2.96. The summed E-state index contributed by atoms with van der Waals surface area (Å²) in [6, 6.07) is 12.8. The smallest absolute Gasteiger partial charge is 0.281 e. The Bertz CT molecular complexity index is 611. The predicted octanol–water partition coefficient (Wildman–Crippen LogP) is 3.12. The molecule has 1 N–H and O–H groups in total. The molecule has 0 aliphatic rings. The number of benzene rings is 2. The molecule has 0 unspecified atom stereocenters. The van der Waals surface area contributed by atoms with Crippen LogP contribution in [0.1, 0.15) is 5.56 Å². The van der Waals surface area contributed by atoms with Crippen LogP contribution in [-0.2, 0) is 6.54 Å². The highest BCUT2D eigenvalue weighted by atomic mass is 16.6. The van der Waals surface area contributed by atoms with E-state index >= 15 is 0 Å². The minimum atomic E-state index is -0.616. The maximum atomic E-state index is 11.0. The lowest BCUT2D eigenvalue weighted by atomic mass is 10.1. The van der Waals surface area contributed by atoms with Crippen molar-refractivity contribution in [2.75, 3.05) is 5.32 Å². The molecule has 2 rings (SSSR count). The van der Waals surface area contributed by atoms with Gasteiger partial charge in [-0.05, 0) is 18.2 Å². The fourth-order valence-electron chi connectivity index (χ4n) is 1.83. The Kier molecular flexibility index (Phi) is 3.90. The normalized spacial score (nSPS) is 10.0. The lowest BCUT2D eigenvalue weighted by Crippen LogP contribution is -2.06. The van der Waals surface area contributed by atoms with Gasteiger partial charge in [-0.1, -0.05) is 18.2 Å². The van der Waals surface area contributed by atoms with E-state index in [-0.39, 0.29) is 23.5 Å². The number of nitrogens with one attached hydrogen (secondary N) is 1. The number of nitrogens with zero attached hydrogens (tertiary/aromatic N) is 2. The highest BCUT2D eigenvalue weighted by molar-refractivity contribution is 5.55. The molecule has 0 saturated carbocycles. The zero-order valence-electron chi connectivity index (χ0n) is 10.4. The molecule has 2 aromatic carbocycles. The molecule has 20 heavy (non-hydrogen) atoms. The van der Waals surface area contributed by atoms with Crippen molar-refractivity contribution >= 4 is 17.1 Å². The Morgan fingerprint density at radius 1 is 0.850 bits per heavy atom. The highest BCUT2D eigenvalue weighted by Gasteiger charge is 2.23. The van der Waals surface area contributed by atoms with Gasteiger partial charge in [0.05, 0.1) is 16.4 Å². The van der Waals surface area contributed by atoms with Crippen molar-refractivity contribution in [3.63, 3.8) is 0 Å². The van der Waals surface area contributed by atoms with E-state index in [0.29, 0.717) is 0 Å². The lowest BCUT2D eigenvalue weighted by molar-refractivity contribution is -0.395. The molecule has 0 amide bonds. The summed E-state index contributed by atoms with van der Waals surface area (Å²) < 4.78 is 0. The van der Waals surface area contributed by atoms with Crippen LogP contribution in [0.2, 0.25) is 0 Å². The van der Waals surface area contributed by atoms with Crippen molar-refractivity contribution < 1.29 is 9.85 Å². The molecule has 0 fully saturated rings. The van der Waals surface area contributed by atoms with Crippen LogP contribution < -0.4 is 5.32 Å². The first-order valence-electron chi connectivity index (χ1n) is 5.79. The summed E-state index contributed by atoms with van der Waals surface area (Å²) in [5.74, 6) is 0. The van der Waals surface area contributed by atoms with Crippen molar-refractivity contribution in [3.8, 4) is 0 Å². The zero-order valence-corrected chi connectivity index (χ0v) is 10.4. The van der Waals surface area contributed by atoms with Gasteiger partial charge in [-0.15, -0.1) is 0 Å². The molecule has 0 aromatic heterocycles. The second-order valence-electron chi connectivity index (χ2n) is 4.01. The first kappa shape index (κ1) is 13.5. The number of nitro groups is 2. The Labute approximate surface area is 114 Å². The molecule has 0 bridgehead atoms. The quantitative estimate of drug-likeness (QED) is 0.666. The van der Waals surface area contributed by atoms with Gasteiger partial charge in [-0.25, -0.2) is 0 Å². The topological polar surface area (TPSA) is 98.3 Å². The van der Waals surface area contributed by atoms with Gasteiger partial charge in [-0.3, -0.25) is 20.2 Å². The number of para-hydroxylation sites is 1. The largest absolute Gasteiger partial charge is 0.380 e. The first-order valence-corrected chi connectivity index (χ1v) is 5.79. The van der Waals surface area contributed by atoms with Crippen LogP contribution in [0.25, 0.3) is 0 Å². The Morgan fingerprint density at radius 2 is 1.40 bits per heavy atom. The van der Waals surface area contributed by atoms with E-state index in [4.69, 9.17) is 0 Å². The van der Waals surface area contributed by atoms with Gasteiger partial charge in [0.1, 0.15) is 5.56 Å². The van der Waals surface area contributed by atoms with E-state index in [1.165, 1.54) is 18.2 Å². The molecule has 0 saturated heterocycles. The van der Waals surface area contributed by atoms with Crippen molar-refractivity contribution in [2.24, 2.45) is 0 Å². The molecular formula is C13H11N3O4. The first-order chi connectivity index (χ1) is 9.59. The monoisotopic (exact) mass is 273 g/mol. The number of hydrogen-bond donors (Lipinski definition) is 1. The van der Waals surface area contributed by atoms with Crippen LogP contribution in [-0.4, -0.2) is 9.85 Å². The van der Waals surface area contributed by atoms with Gasteiger partial charge < -0.3 is 5.32 Å². The number of anilines is 1. The van der Waals surface area contributed by atoms with Crippen LogP contribution in [0, 0.1) is 20.2 Å². The van der Waals surface area contributed by atoms with Gasteiger partial charge >= 0.3 is 0 Å². The summed E-state index contributed by atoms with van der Waals surface area (Å²) in [4.78, 5) is 20.7. The molecule has 0 aliphatic carbocycles. The summed E-state index contributed by atoms with van der Waals surface area (Å²) in [5, 5.41) is 24.9. The van der Waals surface area contributed by atoms with Crippen LogP contribution in [0.4, 0.5) is 17.1 Å². The van der Waals surface area contributed by atoms with Crippen molar-refractivity contribution in [1.29, 1.82) is 0 Å². The fourth-order valence-corrected chi connectivity index (χ4v) is 1.83. The van der Waals surface area contributed by atoms with Crippen molar-refractivity contribution in [2.45, 2.75) is 6.54 Å². The molecule has 0 radical (unpaired) electrons. The fraction of sp³-hybridized carbons (Fsp3) is 0.0769. The third-order valence-electron chi connectivity index (χ3n) is 2.76. The van der Waals surface area contributed by atoms with Crippen molar-refractivity contribution in [1.82, 2.24) is 0 Å². The maximum absolute atomic E-state index is 11.0. The van der Waals surface area contributed by atoms with E-state index in [1.54, 1.807) is 24.3 Å². The van der Waals surface area contributed by atoms with Gasteiger partial charge in [0.2, 0.25) is 0 Å². The van der Waals surface area contributed by atoms with E-state index < -0.39 is 9.85 Å². The molecule has 0 heterocycles. The lowest BCUT2D eigenvalue weighted by Gasteiger charge is -2.07. The predicted molar refractivity (Wildman–Crippen MR) is 73.5 cm³/mol. The molecule has 7 heteroatoms. The standard InChI is InChI=1S/C13H11N3O4/c17-15(18)12-7-4-8-13(16(19)20)11(12)9-14-10-5-2-1-3-6-10/h1-8,14H,9H2. The second kappa shape index (κ2) is 5.79. The van der Waals surface area contributed by atoms with Crippen LogP contribution >= 0.6 is 0 Å². The summed E-state index contributed by atoms with van der Waals surface area (Å²) in [6.07, 6.45) is 0. The van der Waals surface area contributed by atoms with Crippen LogP contribution in [0.5, 0.6) is 0 Å². The number of rotatable bonds is 5. The van der Waals surface area contributed by atoms with E-state index in [0.717, 1.165) is 5.69 Å². The molecular weight excluding hydrogens is 262 g/mol. The number of nitro benzene ring substituents is 2.